The van der Waals surface area contributed by atoms with Crippen molar-refractivity contribution in [1.82, 2.24) is 29.0 Å². The van der Waals surface area contributed by atoms with E-state index in [1.165, 1.54) is 18.9 Å². The number of halogens is 4. The smallest absolute Gasteiger partial charge is 0.367 e. The van der Waals surface area contributed by atoms with Crippen molar-refractivity contribution in [2.24, 2.45) is 5.92 Å². The Morgan fingerprint density at radius 3 is 2.57 bits per heavy atom. The van der Waals surface area contributed by atoms with Crippen molar-refractivity contribution in [3.63, 3.8) is 0 Å². The largest absolute Gasteiger partial charge is 0.417 e. The summed E-state index contributed by atoms with van der Waals surface area (Å²) in [5, 5.41) is 4.25. The van der Waals surface area contributed by atoms with E-state index in [9.17, 15) is 13.2 Å². The van der Waals surface area contributed by atoms with Crippen LogP contribution in [0.4, 0.5) is 19.0 Å². The van der Waals surface area contributed by atoms with Gasteiger partial charge in [0.2, 0.25) is 0 Å². The summed E-state index contributed by atoms with van der Waals surface area (Å²) < 4.78 is 64.6. The van der Waals surface area contributed by atoms with Gasteiger partial charge in [-0.2, -0.15) is 13.2 Å². The molecule has 54 heavy (non-hydrogen) atoms. The van der Waals surface area contributed by atoms with Gasteiger partial charge in [0.1, 0.15) is 36.5 Å². The Morgan fingerprint density at radius 2 is 1.87 bits per heavy atom. The molecule has 0 radical (unpaired) electrons. The van der Waals surface area contributed by atoms with E-state index in [4.69, 9.17) is 35.8 Å². The lowest BCUT2D eigenvalue weighted by Gasteiger charge is -2.31. The number of ether oxygens (including phenoxy) is 3. The van der Waals surface area contributed by atoms with Crippen LogP contribution in [0, 0.1) is 5.92 Å². The van der Waals surface area contributed by atoms with Crippen LogP contribution in [0.5, 0.6) is 0 Å². The Morgan fingerprint density at radius 1 is 1.11 bits per heavy atom. The minimum absolute atomic E-state index is 0.0520. The third-order valence-electron chi connectivity index (χ3n) is 11.1. The number of alkyl halides is 3. The summed E-state index contributed by atoms with van der Waals surface area (Å²) in [7, 11) is -1.32. The zero-order valence-electron chi connectivity index (χ0n) is 32.5. The highest BCUT2D eigenvalue weighted by Crippen LogP contribution is 2.48. The number of benzene rings is 1. The van der Waals surface area contributed by atoms with E-state index >= 15 is 0 Å². The molecule has 3 fully saturated rings. The molecular weight excluding hydrogens is 735 g/mol. The summed E-state index contributed by atoms with van der Waals surface area (Å²) in [6.07, 6.45) is 4.63. The zero-order chi connectivity index (χ0) is 38.6. The van der Waals surface area contributed by atoms with Gasteiger partial charge >= 0.3 is 6.18 Å². The highest BCUT2D eigenvalue weighted by atomic mass is 35.5. The zero-order valence-corrected chi connectivity index (χ0v) is 34.3. The number of nitrogens with zero attached hydrogens (tertiary/aromatic N) is 6. The quantitative estimate of drug-likeness (QED) is 0.0889. The van der Waals surface area contributed by atoms with Crippen LogP contribution >= 0.6 is 11.6 Å². The van der Waals surface area contributed by atoms with Crippen LogP contribution in [-0.4, -0.2) is 86.8 Å². The first-order valence-electron chi connectivity index (χ1n) is 19.5. The van der Waals surface area contributed by atoms with Gasteiger partial charge in [-0.15, -0.1) is 0 Å². The number of hydrogen-bond acceptors (Lipinski definition) is 8. The number of nitrogens with one attached hydrogen (secondary N) is 1. The Kier molecular flexibility index (Phi) is 11.2. The molecule has 296 valence electrons. The van der Waals surface area contributed by atoms with Crippen LogP contribution in [-0.2, 0) is 33.5 Å². The van der Waals surface area contributed by atoms with Gasteiger partial charge in [0, 0.05) is 51.8 Å². The van der Waals surface area contributed by atoms with Crippen LogP contribution < -0.4 is 5.32 Å². The van der Waals surface area contributed by atoms with Crippen LogP contribution in [0.2, 0.25) is 30.7 Å². The molecule has 0 amide bonds. The Balaban J connectivity index is 1.03. The monoisotopic (exact) mass is 789 g/mol. The van der Waals surface area contributed by atoms with Crippen molar-refractivity contribution in [2.45, 2.75) is 141 Å². The molecule has 2 saturated carbocycles. The fraction of sp³-hybridized carbons (Fsp3) is 0.667. The Hall–Kier alpha value is -2.75. The SMILES string of the molecule is CC(C)N(CCCCc1nc2cc(C(F)(F)F)c(Cl)cc2n1COCC[Si](C)(C)C)CC1CC(n2ccc3c(NC4CC4)ncnc32)[C@@H]2OC(C)(C)O[C@H]12. The molecule has 1 aliphatic heterocycles. The van der Waals surface area contributed by atoms with Gasteiger partial charge in [0.15, 0.2) is 5.79 Å². The van der Waals surface area contributed by atoms with Crippen molar-refractivity contribution in [1.29, 1.82) is 0 Å². The molecule has 3 aromatic heterocycles. The number of anilines is 1. The summed E-state index contributed by atoms with van der Waals surface area (Å²) >= 11 is 6.16. The normalized spacial score (nSPS) is 23.1. The lowest BCUT2D eigenvalue weighted by Crippen LogP contribution is -2.39. The van der Waals surface area contributed by atoms with Crippen LogP contribution in [0.1, 0.15) is 77.2 Å². The highest BCUT2D eigenvalue weighted by molar-refractivity contribution is 6.76. The first kappa shape index (κ1) is 39.5. The molecule has 0 spiro atoms. The summed E-state index contributed by atoms with van der Waals surface area (Å²) in [4.78, 5) is 16.5. The summed E-state index contributed by atoms with van der Waals surface area (Å²) in [6.45, 7) is 17.8. The van der Waals surface area contributed by atoms with Gasteiger partial charge in [-0.25, -0.2) is 15.0 Å². The van der Waals surface area contributed by atoms with E-state index in [-0.39, 0.29) is 41.4 Å². The predicted molar refractivity (Wildman–Crippen MR) is 209 cm³/mol. The second-order valence-electron chi connectivity index (χ2n) is 17.4. The minimum Gasteiger partial charge on any atom is -0.367 e. The number of aromatic nitrogens is 5. The summed E-state index contributed by atoms with van der Waals surface area (Å²) in [5.74, 6) is 1.17. The molecule has 2 unspecified atom stereocenters. The molecule has 10 nitrogen and oxygen atoms in total. The topological polar surface area (TPSA) is 91.5 Å². The molecular formula is C39H55ClF3N7O3Si. The van der Waals surface area contributed by atoms with Crippen molar-refractivity contribution < 1.29 is 27.4 Å². The Bertz CT molecular complexity index is 1940. The molecule has 4 aromatic rings. The molecule has 1 N–H and O–H groups in total. The summed E-state index contributed by atoms with van der Waals surface area (Å²) in [6, 6.07) is 6.42. The van der Waals surface area contributed by atoms with Crippen molar-refractivity contribution >= 4 is 47.6 Å². The van der Waals surface area contributed by atoms with Crippen LogP contribution in [0.25, 0.3) is 22.1 Å². The molecule has 0 bridgehead atoms. The van der Waals surface area contributed by atoms with E-state index in [0.29, 0.717) is 36.5 Å². The second kappa shape index (κ2) is 15.3. The molecule has 4 heterocycles. The first-order chi connectivity index (χ1) is 25.5. The van der Waals surface area contributed by atoms with E-state index in [1.54, 1.807) is 6.33 Å². The highest BCUT2D eigenvalue weighted by Gasteiger charge is 2.55. The maximum Gasteiger partial charge on any atom is 0.417 e. The van der Waals surface area contributed by atoms with Gasteiger partial charge in [0.25, 0.3) is 0 Å². The fourth-order valence-corrected chi connectivity index (χ4v) is 9.05. The van der Waals surface area contributed by atoms with Crippen molar-refractivity contribution in [3.8, 4) is 0 Å². The number of fused-ring (bicyclic) bond motifs is 3. The average Bonchev–Trinajstić information content (AvgIpc) is 3.38. The second-order valence-corrected chi connectivity index (χ2v) is 23.4. The van der Waals surface area contributed by atoms with E-state index in [1.807, 2.05) is 18.4 Å². The van der Waals surface area contributed by atoms with Gasteiger partial charge in [-0.05, 0) is 90.6 Å². The third-order valence-corrected chi connectivity index (χ3v) is 13.1. The number of aryl methyl sites for hydroxylation is 1. The molecule has 7 rings (SSSR count). The van der Waals surface area contributed by atoms with Crippen LogP contribution in [0.15, 0.2) is 30.7 Å². The van der Waals surface area contributed by atoms with Gasteiger partial charge < -0.3 is 33.6 Å². The standard InChI is InChI=1S/C39H55ClF3N7O3Si/c1-24(2)48(14-9-8-10-33-47-30-19-28(39(41,42)43)29(40)20-31(30)50(33)23-51-16-17-54(5,6)7)21-25-18-32(35-34(25)52-38(3,4)53-35)49-15-13-27-36(46-26-11-12-26)44-22-45-37(27)49/h13,15,19-20,22,24-26,32,34-35H,8-12,14,16-18,21,23H2,1-7H3,(H,44,45,46)/t25?,32?,34-,35+/m1/s1. The predicted octanol–water partition coefficient (Wildman–Crippen LogP) is 9.15. The Labute approximate surface area is 322 Å². The summed E-state index contributed by atoms with van der Waals surface area (Å²) in [5.41, 5.74) is 0.883. The molecule has 1 saturated heterocycles. The van der Waals surface area contributed by atoms with E-state index in [2.05, 4.69) is 65.5 Å². The number of rotatable bonds is 16. The lowest BCUT2D eigenvalue weighted by molar-refractivity contribution is -0.161. The maximum absolute atomic E-state index is 13.7. The van der Waals surface area contributed by atoms with Crippen molar-refractivity contribution in [3.05, 3.63) is 47.1 Å². The molecule has 3 aliphatic rings. The van der Waals surface area contributed by atoms with Gasteiger partial charge in [-0.3, -0.25) is 0 Å². The lowest BCUT2D eigenvalue weighted by atomic mass is 10.0. The molecule has 4 atom stereocenters. The first-order valence-corrected chi connectivity index (χ1v) is 23.6. The number of hydrogen-bond donors (Lipinski definition) is 1. The van der Waals surface area contributed by atoms with Crippen molar-refractivity contribution in [2.75, 3.05) is 25.0 Å². The average molecular weight is 790 g/mol. The fourth-order valence-electron chi connectivity index (χ4n) is 8.02. The molecule has 15 heteroatoms. The number of unbranched alkanes of at least 4 members (excludes halogenated alkanes) is 1. The molecule has 2 aliphatic carbocycles. The minimum atomic E-state index is -4.56. The number of imidazole rings is 1. The van der Waals surface area contributed by atoms with E-state index in [0.717, 1.165) is 61.3 Å². The van der Waals surface area contributed by atoms with Gasteiger partial charge in [0.05, 0.1) is 39.2 Å². The van der Waals surface area contributed by atoms with E-state index < -0.39 is 25.6 Å². The van der Waals surface area contributed by atoms with Crippen LogP contribution in [0.3, 0.4) is 0 Å². The van der Waals surface area contributed by atoms with Gasteiger partial charge in [-0.1, -0.05) is 31.2 Å². The maximum atomic E-state index is 13.7. The molecule has 1 aromatic carbocycles. The third kappa shape index (κ3) is 8.78.